The molecule has 0 spiro atoms. The van der Waals surface area contributed by atoms with Crippen LogP contribution in [0.1, 0.15) is 22.8 Å². The Labute approximate surface area is 97.9 Å². The number of hydrogen-bond donors (Lipinski definition) is 2. The van der Waals surface area contributed by atoms with Crippen molar-refractivity contribution < 1.29 is 15.0 Å². The minimum atomic E-state index is -1.20. The van der Waals surface area contributed by atoms with Gasteiger partial charge in [0.05, 0.1) is 5.52 Å². The second-order valence-corrected chi connectivity index (χ2v) is 3.85. The lowest BCUT2D eigenvalue weighted by Crippen LogP contribution is -1.98. The molecule has 0 saturated heterocycles. The molecule has 2 rings (SSSR count). The van der Waals surface area contributed by atoms with Crippen LogP contribution in [-0.4, -0.2) is 21.2 Å². The summed E-state index contributed by atoms with van der Waals surface area (Å²) in [5, 5.41) is 19.0. The van der Waals surface area contributed by atoms with Gasteiger partial charge in [-0.15, -0.1) is 0 Å². The lowest BCUT2D eigenvalue weighted by atomic mass is 10.0. The van der Waals surface area contributed by atoms with Crippen LogP contribution in [0, 0.1) is 0 Å². The van der Waals surface area contributed by atoms with Crippen LogP contribution in [0.15, 0.2) is 30.8 Å². The first-order chi connectivity index (χ1) is 7.99. The number of carboxylic acids is 1. The number of aromatic hydroxyl groups is 1. The molecule has 0 unspecified atom stereocenters. The molecule has 1 aromatic carbocycles. The number of aromatic nitrogens is 1. The fourth-order valence-corrected chi connectivity index (χ4v) is 1.59. The van der Waals surface area contributed by atoms with E-state index < -0.39 is 11.8 Å². The Kier molecular flexibility index (Phi) is 2.55. The zero-order valence-corrected chi connectivity index (χ0v) is 9.27. The first kappa shape index (κ1) is 11.1. The molecule has 4 heteroatoms. The highest BCUT2D eigenvalue weighted by Crippen LogP contribution is 2.24. The predicted molar refractivity (Wildman–Crippen MR) is 65.1 cm³/mol. The van der Waals surface area contributed by atoms with Crippen molar-refractivity contribution in [1.29, 1.82) is 0 Å². The number of nitrogens with zero attached hydrogens (tertiary/aromatic N) is 1. The van der Waals surface area contributed by atoms with Crippen LogP contribution in [0.5, 0.6) is 5.88 Å². The van der Waals surface area contributed by atoms with Crippen LogP contribution in [0.4, 0.5) is 0 Å². The van der Waals surface area contributed by atoms with Gasteiger partial charge in [-0.3, -0.25) is 0 Å². The summed E-state index contributed by atoms with van der Waals surface area (Å²) in [4.78, 5) is 14.7. The van der Waals surface area contributed by atoms with Gasteiger partial charge in [-0.1, -0.05) is 18.2 Å². The van der Waals surface area contributed by atoms with Gasteiger partial charge in [-0.25, -0.2) is 9.78 Å². The van der Waals surface area contributed by atoms with Crippen molar-refractivity contribution in [3.05, 3.63) is 42.0 Å². The van der Waals surface area contributed by atoms with Gasteiger partial charge >= 0.3 is 5.97 Å². The van der Waals surface area contributed by atoms with Crippen molar-refractivity contribution in [2.24, 2.45) is 0 Å². The average Bonchev–Trinajstić information content (AvgIpc) is 2.27. The number of carboxylic acid groups (broad SMARTS) is 1. The zero-order chi connectivity index (χ0) is 12.6. The molecule has 0 aliphatic rings. The fourth-order valence-electron chi connectivity index (χ4n) is 1.59. The smallest absolute Gasteiger partial charge is 0.341 e. The van der Waals surface area contributed by atoms with Crippen LogP contribution in [0.3, 0.4) is 0 Å². The normalized spacial score (nSPS) is 10.4. The fraction of sp³-hybridized carbons (Fsp3) is 0.0769. The predicted octanol–water partition coefficient (Wildman–Crippen LogP) is 2.67. The standard InChI is InChI=1S/C13H11NO3/c1-7(2)8-3-4-11-9(5-8)6-10(13(16)17)12(15)14-11/h3-6H,1H2,2H3,(H,14,15)(H,16,17). The quantitative estimate of drug-likeness (QED) is 0.830. The van der Waals surface area contributed by atoms with E-state index in [1.165, 1.54) is 6.07 Å². The average molecular weight is 229 g/mol. The molecule has 0 bridgehead atoms. The minimum Gasteiger partial charge on any atom is -0.493 e. The molecule has 0 atom stereocenters. The highest BCUT2D eigenvalue weighted by atomic mass is 16.4. The van der Waals surface area contributed by atoms with Gasteiger partial charge in [-0.05, 0) is 30.7 Å². The summed E-state index contributed by atoms with van der Waals surface area (Å²) in [6.07, 6.45) is 0. The maximum absolute atomic E-state index is 10.9. The van der Waals surface area contributed by atoms with Crippen molar-refractivity contribution in [3.63, 3.8) is 0 Å². The van der Waals surface area contributed by atoms with E-state index in [0.717, 1.165) is 11.1 Å². The van der Waals surface area contributed by atoms with Gasteiger partial charge in [0.25, 0.3) is 0 Å². The molecule has 0 aliphatic carbocycles. The number of hydrogen-bond acceptors (Lipinski definition) is 3. The highest BCUT2D eigenvalue weighted by molar-refractivity contribution is 5.95. The Morgan fingerprint density at radius 1 is 1.35 bits per heavy atom. The Morgan fingerprint density at radius 2 is 2.06 bits per heavy atom. The molecule has 0 aliphatic heterocycles. The molecule has 1 heterocycles. The molecule has 0 saturated carbocycles. The van der Waals surface area contributed by atoms with E-state index in [2.05, 4.69) is 11.6 Å². The van der Waals surface area contributed by atoms with Crippen LogP contribution in [-0.2, 0) is 0 Å². The van der Waals surface area contributed by atoms with Crippen molar-refractivity contribution in [2.75, 3.05) is 0 Å². The molecule has 2 aromatic rings. The van der Waals surface area contributed by atoms with E-state index in [-0.39, 0.29) is 5.56 Å². The van der Waals surface area contributed by atoms with E-state index in [4.69, 9.17) is 5.11 Å². The molecule has 4 nitrogen and oxygen atoms in total. The summed E-state index contributed by atoms with van der Waals surface area (Å²) >= 11 is 0. The van der Waals surface area contributed by atoms with E-state index >= 15 is 0 Å². The highest BCUT2D eigenvalue weighted by Gasteiger charge is 2.12. The SMILES string of the molecule is C=C(C)c1ccc2nc(O)c(C(=O)O)cc2c1. The molecule has 0 amide bonds. The Hall–Kier alpha value is -2.36. The first-order valence-electron chi connectivity index (χ1n) is 5.02. The van der Waals surface area contributed by atoms with Gasteiger partial charge in [0.15, 0.2) is 0 Å². The van der Waals surface area contributed by atoms with Gasteiger partial charge < -0.3 is 10.2 Å². The van der Waals surface area contributed by atoms with Crippen molar-refractivity contribution >= 4 is 22.4 Å². The summed E-state index contributed by atoms with van der Waals surface area (Å²) in [6, 6.07) is 6.77. The molecule has 17 heavy (non-hydrogen) atoms. The third-order valence-electron chi connectivity index (χ3n) is 2.52. The molecule has 0 radical (unpaired) electrons. The summed E-state index contributed by atoms with van der Waals surface area (Å²) in [6.45, 7) is 5.69. The third kappa shape index (κ3) is 1.97. The molecule has 1 aromatic heterocycles. The molecule has 86 valence electrons. The van der Waals surface area contributed by atoms with Crippen LogP contribution in [0.2, 0.25) is 0 Å². The molecular weight excluding hydrogens is 218 g/mol. The number of carbonyl (C=O) groups is 1. The van der Waals surface area contributed by atoms with E-state index in [0.29, 0.717) is 10.9 Å². The third-order valence-corrected chi connectivity index (χ3v) is 2.52. The maximum atomic E-state index is 10.9. The maximum Gasteiger partial charge on any atom is 0.341 e. The van der Waals surface area contributed by atoms with Gasteiger partial charge in [0.2, 0.25) is 5.88 Å². The van der Waals surface area contributed by atoms with E-state index in [1.807, 2.05) is 13.0 Å². The summed E-state index contributed by atoms with van der Waals surface area (Å²) in [7, 11) is 0. The lowest BCUT2D eigenvalue weighted by Gasteiger charge is -2.05. The second-order valence-electron chi connectivity index (χ2n) is 3.85. The Bertz CT molecular complexity index is 632. The summed E-state index contributed by atoms with van der Waals surface area (Å²) in [5.74, 6) is -1.66. The largest absolute Gasteiger partial charge is 0.493 e. The van der Waals surface area contributed by atoms with Crippen LogP contribution >= 0.6 is 0 Å². The topological polar surface area (TPSA) is 70.4 Å². The first-order valence-corrected chi connectivity index (χ1v) is 5.02. The summed E-state index contributed by atoms with van der Waals surface area (Å²) < 4.78 is 0. The van der Waals surface area contributed by atoms with Crippen molar-refractivity contribution in [1.82, 2.24) is 4.98 Å². The Morgan fingerprint density at radius 3 is 2.65 bits per heavy atom. The van der Waals surface area contributed by atoms with Crippen molar-refractivity contribution in [3.8, 4) is 5.88 Å². The lowest BCUT2D eigenvalue weighted by molar-refractivity contribution is 0.0693. The molecule has 0 fully saturated rings. The minimum absolute atomic E-state index is 0.198. The monoisotopic (exact) mass is 229 g/mol. The number of benzene rings is 1. The molecule has 2 N–H and O–H groups in total. The van der Waals surface area contributed by atoms with Crippen molar-refractivity contribution in [2.45, 2.75) is 6.92 Å². The Balaban J connectivity index is 2.72. The van der Waals surface area contributed by atoms with Crippen LogP contribution in [0.25, 0.3) is 16.5 Å². The number of pyridine rings is 1. The number of aromatic carboxylic acids is 1. The number of allylic oxidation sites excluding steroid dienone is 1. The van der Waals surface area contributed by atoms with Gasteiger partial charge in [-0.2, -0.15) is 0 Å². The van der Waals surface area contributed by atoms with Crippen LogP contribution < -0.4 is 0 Å². The summed E-state index contributed by atoms with van der Waals surface area (Å²) in [5.41, 5.74) is 2.16. The molecular formula is C13H11NO3. The zero-order valence-electron chi connectivity index (χ0n) is 9.27. The van der Waals surface area contributed by atoms with Gasteiger partial charge in [0.1, 0.15) is 5.56 Å². The number of fused-ring (bicyclic) bond motifs is 1. The second kappa shape index (κ2) is 3.90. The van der Waals surface area contributed by atoms with Gasteiger partial charge in [0, 0.05) is 5.39 Å². The van der Waals surface area contributed by atoms with E-state index in [1.54, 1.807) is 12.1 Å². The van der Waals surface area contributed by atoms with E-state index in [9.17, 15) is 9.90 Å². The number of rotatable bonds is 2.